The lowest BCUT2D eigenvalue weighted by Gasteiger charge is -2.30. The minimum atomic E-state index is -0.0952. The first-order valence-corrected chi connectivity index (χ1v) is 9.49. The van der Waals surface area contributed by atoms with E-state index in [0.717, 1.165) is 22.6 Å². The van der Waals surface area contributed by atoms with E-state index < -0.39 is 0 Å². The Hall–Kier alpha value is -2.00. The maximum atomic E-state index is 6.20. The highest BCUT2D eigenvalue weighted by molar-refractivity contribution is 5.40. The largest absolute Gasteiger partial charge is 0.496 e. The summed E-state index contributed by atoms with van der Waals surface area (Å²) in [6, 6.07) is 12.8. The van der Waals surface area contributed by atoms with Gasteiger partial charge >= 0.3 is 0 Å². The Morgan fingerprint density at radius 1 is 0.667 bits per heavy atom. The maximum Gasteiger partial charge on any atom is 0.122 e. The third kappa shape index (κ3) is 5.04. The zero-order valence-corrected chi connectivity index (χ0v) is 18.1. The molecule has 0 aromatic heterocycles. The van der Waals surface area contributed by atoms with Gasteiger partial charge in [-0.3, -0.25) is 0 Å². The summed E-state index contributed by atoms with van der Waals surface area (Å²) in [7, 11) is 3.43. The summed E-state index contributed by atoms with van der Waals surface area (Å²) < 4.78 is 17.2. The van der Waals surface area contributed by atoms with Crippen LogP contribution in [-0.4, -0.2) is 27.4 Å². The van der Waals surface area contributed by atoms with Crippen molar-refractivity contribution in [1.29, 1.82) is 0 Å². The van der Waals surface area contributed by atoms with Crippen LogP contribution in [0.25, 0.3) is 0 Å². The molecule has 3 heteroatoms. The van der Waals surface area contributed by atoms with Gasteiger partial charge in [-0.25, -0.2) is 0 Å². The molecule has 0 saturated heterocycles. The summed E-state index contributed by atoms with van der Waals surface area (Å²) in [6.07, 6.45) is 0. The molecule has 0 atom stereocenters. The van der Waals surface area contributed by atoms with Crippen molar-refractivity contribution in [3.05, 3.63) is 58.7 Å². The van der Waals surface area contributed by atoms with E-state index in [1.807, 2.05) is 0 Å². The zero-order chi connectivity index (χ0) is 20.2. The van der Waals surface area contributed by atoms with E-state index in [-0.39, 0.29) is 10.8 Å². The second kappa shape index (κ2) is 8.35. The molecule has 0 bridgehead atoms. The maximum absolute atomic E-state index is 6.20. The van der Waals surface area contributed by atoms with Crippen molar-refractivity contribution in [2.45, 2.75) is 52.4 Å². The molecule has 0 spiro atoms. The van der Waals surface area contributed by atoms with E-state index in [1.165, 1.54) is 11.1 Å². The van der Waals surface area contributed by atoms with Crippen LogP contribution >= 0.6 is 0 Å². The van der Waals surface area contributed by atoms with Crippen LogP contribution in [0.5, 0.6) is 11.5 Å². The van der Waals surface area contributed by atoms with Crippen molar-refractivity contribution in [2.75, 3.05) is 27.4 Å². The Morgan fingerprint density at radius 3 is 1.37 bits per heavy atom. The van der Waals surface area contributed by atoms with Gasteiger partial charge in [-0.15, -0.1) is 0 Å². The first-order chi connectivity index (χ1) is 12.6. The number of hydrogen-bond acceptors (Lipinski definition) is 3. The molecule has 0 heterocycles. The van der Waals surface area contributed by atoms with Crippen LogP contribution in [0.4, 0.5) is 0 Å². The van der Waals surface area contributed by atoms with Gasteiger partial charge in [-0.05, 0) is 48.2 Å². The van der Waals surface area contributed by atoms with Crippen molar-refractivity contribution in [2.24, 2.45) is 0 Å². The Morgan fingerprint density at radius 2 is 1.04 bits per heavy atom. The Kier molecular flexibility index (Phi) is 6.59. The van der Waals surface area contributed by atoms with Gasteiger partial charge in [0.15, 0.2) is 0 Å². The van der Waals surface area contributed by atoms with E-state index in [0.29, 0.717) is 13.2 Å². The molecule has 148 valence electrons. The fourth-order valence-corrected chi connectivity index (χ4v) is 3.21. The number of benzene rings is 2. The molecule has 2 rings (SSSR count). The van der Waals surface area contributed by atoms with Crippen molar-refractivity contribution in [3.63, 3.8) is 0 Å². The minimum Gasteiger partial charge on any atom is -0.496 e. The van der Waals surface area contributed by atoms with E-state index in [1.54, 1.807) is 14.2 Å². The van der Waals surface area contributed by atoms with Crippen LogP contribution < -0.4 is 9.47 Å². The normalized spacial score (nSPS) is 12.1. The third-order valence-corrected chi connectivity index (χ3v) is 5.30. The van der Waals surface area contributed by atoms with E-state index in [2.05, 4.69) is 77.9 Å². The van der Waals surface area contributed by atoms with Gasteiger partial charge in [0.05, 0.1) is 27.4 Å². The molecule has 27 heavy (non-hydrogen) atoms. The van der Waals surface area contributed by atoms with Crippen LogP contribution in [0.1, 0.15) is 49.9 Å². The van der Waals surface area contributed by atoms with Crippen LogP contribution in [0, 0.1) is 13.8 Å². The smallest absolute Gasteiger partial charge is 0.122 e. The molecule has 0 fully saturated rings. The summed E-state index contributed by atoms with van der Waals surface area (Å²) in [5, 5.41) is 0. The van der Waals surface area contributed by atoms with Gasteiger partial charge < -0.3 is 14.2 Å². The Balaban J connectivity index is 2.07. The summed E-state index contributed by atoms with van der Waals surface area (Å²) in [4.78, 5) is 0. The third-order valence-electron chi connectivity index (χ3n) is 5.30. The molecule has 3 nitrogen and oxygen atoms in total. The predicted molar refractivity (Wildman–Crippen MR) is 112 cm³/mol. The number of ether oxygens (including phenoxy) is 3. The van der Waals surface area contributed by atoms with E-state index >= 15 is 0 Å². The van der Waals surface area contributed by atoms with Crippen molar-refractivity contribution in [1.82, 2.24) is 0 Å². The number of aryl methyl sites for hydroxylation is 2. The Bertz CT molecular complexity index is 710. The first-order valence-electron chi connectivity index (χ1n) is 9.49. The van der Waals surface area contributed by atoms with Gasteiger partial charge in [-0.2, -0.15) is 0 Å². The zero-order valence-electron chi connectivity index (χ0n) is 18.1. The molecular weight excluding hydrogens is 336 g/mol. The summed E-state index contributed by atoms with van der Waals surface area (Å²) >= 11 is 0. The van der Waals surface area contributed by atoms with Crippen LogP contribution in [-0.2, 0) is 15.6 Å². The lowest BCUT2D eigenvalue weighted by molar-refractivity contribution is 0.0632. The lowest BCUT2D eigenvalue weighted by Crippen LogP contribution is -2.30. The van der Waals surface area contributed by atoms with Crippen molar-refractivity contribution >= 4 is 0 Å². The summed E-state index contributed by atoms with van der Waals surface area (Å²) in [6.45, 7) is 14.2. The van der Waals surface area contributed by atoms with Crippen molar-refractivity contribution in [3.8, 4) is 11.5 Å². The molecule has 0 unspecified atom stereocenters. The van der Waals surface area contributed by atoms with Gasteiger partial charge in [0.25, 0.3) is 0 Å². The molecule has 2 aromatic rings. The fraction of sp³-hybridized carbons (Fsp3) is 0.500. The molecule has 2 aromatic carbocycles. The molecule has 0 aliphatic heterocycles. The number of methoxy groups -OCH3 is 2. The topological polar surface area (TPSA) is 27.7 Å². The van der Waals surface area contributed by atoms with E-state index in [4.69, 9.17) is 14.2 Å². The van der Waals surface area contributed by atoms with Gasteiger partial charge in [0, 0.05) is 10.8 Å². The predicted octanol–water partition coefficient (Wildman–Crippen LogP) is 5.59. The average molecular weight is 371 g/mol. The molecule has 0 aliphatic rings. The van der Waals surface area contributed by atoms with Gasteiger partial charge in [0.1, 0.15) is 11.5 Å². The molecule has 0 saturated carbocycles. The number of hydrogen-bond donors (Lipinski definition) is 0. The van der Waals surface area contributed by atoms with Crippen LogP contribution in [0.15, 0.2) is 36.4 Å². The molecule has 0 N–H and O–H groups in total. The highest BCUT2D eigenvalue weighted by Crippen LogP contribution is 2.32. The minimum absolute atomic E-state index is 0.0952. The average Bonchev–Trinajstić information content (AvgIpc) is 2.61. The molecule has 0 amide bonds. The SMILES string of the molecule is COc1cc(C(C)(C)COCC(C)(C)c2ccc(C)c(OC)c2)ccc1C. The summed E-state index contributed by atoms with van der Waals surface area (Å²) in [5.41, 5.74) is 4.55. The lowest BCUT2D eigenvalue weighted by atomic mass is 9.83. The van der Waals surface area contributed by atoms with E-state index in [9.17, 15) is 0 Å². The molecule has 0 aliphatic carbocycles. The van der Waals surface area contributed by atoms with Crippen LogP contribution in [0.3, 0.4) is 0 Å². The van der Waals surface area contributed by atoms with Gasteiger partial charge in [-0.1, -0.05) is 52.0 Å². The molecule has 0 radical (unpaired) electrons. The summed E-state index contributed by atoms with van der Waals surface area (Å²) in [5.74, 6) is 1.85. The van der Waals surface area contributed by atoms with Crippen LogP contribution in [0.2, 0.25) is 0 Å². The monoisotopic (exact) mass is 370 g/mol. The standard InChI is InChI=1S/C24H34O3/c1-17-9-11-19(13-21(17)25-7)23(3,4)15-27-16-24(5,6)20-12-10-18(2)22(14-20)26-8/h9-14H,15-16H2,1-8H3. The highest BCUT2D eigenvalue weighted by Gasteiger charge is 2.26. The molecular formula is C24H34O3. The number of rotatable bonds is 8. The fourth-order valence-electron chi connectivity index (χ4n) is 3.21. The quantitative estimate of drug-likeness (QED) is 0.606. The van der Waals surface area contributed by atoms with Gasteiger partial charge in [0.2, 0.25) is 0 Å². The second-order valence-electron chi connectivity index (χ2n) is 8.63. The van der Waals surface area contributed by atoms with Crippen molar-refractivity contribution < 1.29 is 14.2 Å². The highest BCUT2D eigenvalue weighted by atomic mass is 16.5. The first kappa shape index (κ1) is 21.3. The second-order valence-corrected chi connectivity index (χ2v) is 8.63. The Labute approximate surface area is 164 Å².